The first-order chi connectivity index (χ1) is 23.7. The van der Waals surface area contributed by atoms with Crippen molar-refractivity contribution in [3.05, 3.63) is 160 Å². The number of Topliss-reactive ketones (excluding diaryl/α,β-unsaturated/α-hetero) is 1. The van der Waals surface area contributed by atoms with Crippen LogP contribution in [0, 0.1) is 0 Å². The number of hydrogen-bond acceptors (Lipinski definition) is 5. The molecule has 0 unspecified atom stereocenters. The van der Waals surface area contributed by atoms with E-state index in [4.69, 9.17) is 4.42 Å². The van der Waals surface area contributed by atoms with Crippen molar-refractivity contribution in [1.82, 2.24) is 0 Å². The molecule has 0 bridgehead atoms. The number of hydrogen-bond donors (Lipinski definition) is 0. The zero-order chi connectivity index (χ0) is 33.7. The Morgan fingerprint density at radius 3 is 1.84 bits per heavy atom. The number of esters is 1. The molecule has 0 amide bonds. The minimum Gasteiger partial charge on any atom is -0.422 e. The number of halogens is 3. The Hall–Kier alpha value is -6.28. The van der Waals surface area contributed by atoms with E-state index in [0.29, 0.717) is 16.4 Å². The molecule has 0 saturated heterocycles. The summed E-state index contributed by atoms with van der Waals surface area (Å²) in [5.41, 5.74) is 10.2. The third-order valence-corrected chi connectivity index (χ3v) is 9.67. The lowest BCUT2D eigenvalue weighted by Crippen LogP contribution is -2.34. The van der Waals surface area contributed by atoms with E-state index in [2.05, 4.69) is 89.7 Å². The Kier molecular flexibility index (Phi) is 5.96. The van der Waals surface area contributed by atoms with Crippen molar-refractivity contribution in [1.29, 1.82) is 0 Å². The van der Waals surface area contributed by atoms with Crippen LogP contribution in [0.5, 0.6) is 5.75 Å². The van der Waals surface area contributed by atoms with E-state index >= 15 is 0 Å². The smallest absolute Gasteiger partial charge is 0.422 e. The monoisotopic (exact) mass is 650 g/mol. The van der Waals surface area contributed by atoms with Crippen LogP contribution in [0.4, 0.5) is 13.2 Å². The SMILES string of the molecule is O=C(Oc1ccc2c(c1)c(=O)oc1cc(-c3cccc4c3-c3ccccc3C43c4ccccc4-c4ccccc43)ccc12)C(=O)C(F)(F)F. The number of fused-ring (bicyclic) bond motifs is 13. The van der Waals surface area contributed by atoms with Gasteiger partial charge in [-0.05, 0) is 86.0 Å². The van der Waals surface area contributed by atoms with Gasteiger partial charge in [-0.15, -0.1) is 0 Å². The van der Waals surface area contributed by atoms with Crippen molar-refractivity contribution in [3.8, 4) is 39.1 Å². The van der Waals surface area contributed by atoms with Gasteiger partial charge < -0.3 is 9.15 Å². The minimum absolute atomic E-state index is 0.0138. The van der Waals surface area contributed by atoms with Gasteiger partial charge in [0.2, 0.25) is 0 Å². The third kappa shape index (κ3) is 3.97. The first-order valence-corrected chi connectivity index (χ1v) is 15.4. The second-order valence-electron chi connectivity index (χ2n) is 12.1. The number of carbonyl (C=O) groups is 2. The summed E-state index contributed by atoms with van der Waals surface area (Å²) in [6, 6.07) is 41.2. The lowest BCUT2D eigenvalue weighted by atomic mass is 9.70. The van der Waals surface area contributed by atoms with Gasteiger partial charge in [0, 0.05) is 10.8 Å². The highest BCUT2D eigenvalue weighted by atomic mass is 19.4. The van der Waals surface area contributed by atoms with Crippen LogP contribution < -0.4 is 10.4 Å². The van der Waals surface area contributed by atoms with Crippen molar-refractivity contribution >= 4 is 33.5 Å². The summed E-state index contributed by atoms with van der Waals surface area (Å²) < 4.78 is 48.4. The van der Waals surface area contributed by atoms with Crippen LogP contribution in [0.1, 0.15) is 22.3 Å². The van der Waals surface area contributed by atoms with E-state index < -0.39 is 29.0 Å². The highest BCUT2D eigenvalue weighted by molar-refractivity contribution is 6.36. The van der Waals surface area contributed by atoms with Crippen LogP contribution in [0.25, 0.3) is 55.1 Å². The summed E-state index contributed by atoms with van der Waals surface area (Å²) >= 11 is 0. The van der Waals surface area contributed by atoms with Gasteiger partial charge >= 0.3 is 23.6 Å². The molecule has 2 aliphatic rings. The van der Waals surface area contributed by atoms with Gasteiger partial charge in [0.15, 0.2) is 0 Å². The number of carbonyl (C=O) groups excluding carboxylic acids is 2. The molecular formula is C41H21F3O5. The van der Waals surface area contributed by atoms with Crippen LogP contribution in [-0.2, 0) is 15.0 Å². The Balaban J connectivity index is 1.20. The van der Waals surface area contributed by atoms with Crippen molar-refractivity contribution in [2.45, 2.75) is 11.6 Å². The third-order valence-electron chi connectivity index (χ3n) is 9.67. The van der Waals surface area contributed by atoms with E-state index in [-0.39, 0.29) is 11.1 Å². The van der Waals surface area contributed by atoms with Crippen LogP contribution in [-0.4, -0.2) is 17.9 Å². The van der Waals surface area contributed by atoms with Crippen LogP contribution in [0.15, 0.2) is 137 Å². The molecule has 0 radical (unpaired) electrons. The van der Waals surface area contributed by atoms with Gasteiger partial charge in [-0.25, -0.2) is 9.59 Å². The molecule has 0 atom stereocenters. The quantitative estimate of drug-likeness (QED) is 0.0628. The second-order valence-corrected chi connectivity index (χ2v) is 12.1. The van der Waals surface area contributed by atoms with Gasteiger partial charge in [-0.1, -0.05) is 97.1 Å². The van der Waals surface area contributed by atoms with Crippen LogP contribution in [0.3, 0.4) is 0 Å². The molecule has 49 heavy (non-hydrogen) atoms. The molecule has 5 nitrogen and oxygen atoms in total. The number of ketones is 1. The topological polar surface area (TPSA) is 73.6 Å². The predicted octanol–water partition coefficient (Wildman–Crippen LogP) is 8.99. The highest BCUT2D eigenvalue weighted by Gasteiger charge is 2.52. The molecule has 0 fully saturated rings. The summed E-state index contributed by atoms with van der Waals surface area (Å²) in [6.07, 6.45) is -5.38. The molecule has 0 aliphatic heterocycles. The molecule has 1 heterocycles. The Labute approximate surface area is 275 Å². The molecule has 0 saturated carbocycles. The molecule has 9 rings (SSSR count). The molecule has 2 aliphatic carbocycles. The van der Waals surface area contributed by atoms with Gasteiger partial charge in [-0.3, -0.25) is 4.79 Å². The van der Waals surface area contributed by atoms with E-state index in [1.807, 2.05) is 24.3 Å². The summed E-state index contributed by atoms with van der Waals surface area (Å²) in [5.74, 6) is -5.13. The fourth-order valence-corrected chi connectivity index (χ4v) is 7.80. The Morgan fingerprint density at radius 2 is 1.16 bits per heavy atom. The maximum absolute atomic E-state index is 13.2. The molecular weight excluding hydrogens is 629 g/mol. The van der Waals surface area contributed by atoms with Crippen LogP contribution in [0.2, 0.25) is 0 Å². The zero-order valence-corrected chi connectivity index (χ0v) is 25.3. The maximum atomic E-state index is 13.2. The Morgan fingerprint density at radius 1 is 0.592 bits per heavy atom. The Bertz CT molecular complexity index is 2610. The van der Waals surface area contributed by atoms with Gasteiger partial charge in [0.25, 0.3) is 0 Å². The molecule has 1 spiro atoms. The molecule has 7 aromatic rings. The molecule has 6 aromatic carbocycles. The molecule has 236 valence electrons. The molecule has 8 heteroatoms. The second kappa shape index (κ2) is 10.1. The number of alkyl halides is 3. The lowest BCUT2D eigenvalue weighted by molar-refractivity contribution is -0.179. The van der Waals surface area contributed by atoms with Crippen molar-refractivity contribution in [2.75, 3.05) is 0 Å². The fourth-order valence-electron chi connectivity index (χ4n) is 7.80. The van der Waals surface area contributed by atoms with Gasteiger partial charge in [-0.2, -0.15) is 13.2 Å². The van der Waals surface area contributed by atoms with E-state index in [0.717, 1.165) is 33.9 Å². The highest BCUT2D eigenvalue weighted by Crippen LogP contribution is 2.63. The average molecular weight is 651 g/mol. The van der Waals surface area contributed by atoms with E-state index in [1.54, 1.807) is 0 Å². The lowest BCUT2D eigenvalue weighted by Gasteiger charge is -2.30. The van der Waals surface area contributed by atoms with Gasteiger partial charge in [0.05, 0.1) is 10.8 Å². The van der Waals surface area contributed by atoms with Crippen molar-refractivity contribution < 1.29 is 31.9 Å². The van der Waals surface area contributed by atoms with Gasteiger partial charge in [0.1, 0.15) is 11.3 Å². The maximum Gasteiger partial charge on any atom is 0.461 e. The summed E-state index contributed by atoms with van der Waals surface area (Å²) in [4.78, 5) is 36.2. The minimum atomic E-state index is -5.38. The fraction of sp³-hybridized carbons (Fsp3) is 0.0488. The van der Waals surface area contributed by atoms with Crippen molar-refractivity contribution in [3.63, 3.8) is 0 Å². The molecule has 1 aromatic heterocycles. The average Bonchev–Trinajstić information content (AvgIpc) is 3.58. The predicted molar refractivity (Wildman–Crippen MR) is 178 cm³/mol. The van der Waals surface area contributed by atoms with Crippen LogP contribution >= 0.6 is 0 Å². The normalized spacial score (nSPS) is 13.6. The zero-order valence-electron chi connectivity index (χ0n) is 25.3. The van der Waals surface area contributed by atoms with E-state index in [1.165, 1.54) is 39.9 Å². The first kappa shape index (κ1) is 28.9. The number of ether oxygens (including phenoxy) is 1. The number of rotatable bonds is 3. The van der Waals surface area contributed by atoms with Crippen molar-refractivity contribution in [2.24, 2.45) is 0 Å². The first-order valence-electron chi connectivity index (χ1n) is 15.4. The standard InChI is InChI=1S/C41H21F3O5/c42-41(43,44)37(45)39(47)48-23-17-19-25-28-18-16-22(20-35(28)49-38(46)30(25)21-23)24-11-7-15-34-36(24)29-10-3-6-14-33(29)40(34)31-12-4-1-8-26(31)27-9-2-5-13-32(27)40/h1-21H. The summed E-state index contributed by atoms with van der Waals surface area (Å²) in [7, 11) is 0. The number of benzene rings is 6. The summed E-state index contributed by atoms with van der Waals surface area (Å²) in [6.45, 7) is 0. The largest absolute Gasteiger partial charge is 0.461 e. The summed E-state index contributed by atoms with van der Waals surface area (Å²) in [5, 5.41) is 1.01. The molecule has 0 N–H and O–H groups in total. The van der Waals surface area contributed by atoms with E-state index in [9.17, 15) is 27.6 Å².